The van der Waals surface area contributed by atoms with E-state index in [1.807, 2.05) is 25.1 Å². The Balaban J connectivity index is 1.65. The van der Waals surface area contributed by atoms with E-state index in [9.17, 15) is 4.79 Å². The highest BCUT2D eigenvalue weighted by Crippen LogP contribution is 2.23. The number of carbonyl (C=O) groups is 1. The third-order valence-electron chi connectivity index (χ3n) is 4.99. The molecular weight excluding hydrogens is 382 g/mol. The van der Waals surface area contributed by atoms with Crippen LogP contribution >= 0.6 is 11.6 Å². The number of rotatable bonds is 5. The molecule has 0 aliphatic heterocycles. The number of nitrogens with zero attached hydrogens (tertiary/aromatic N) is 2. The predicted octanol–water partition coefficient (Wildman–Crippen LogP) is 5.54. The Bertz CT molecular complexity index is 1150. The molecular formula is C24H22ClN3O. The SMILES string of the molecule is Cc1ccc(Cn2c(C(C)NC(=O)c3ccc(Cl)cc3)nc3ccccc32)cc1. The molecule has 0 spiro atoms. The summed E-state index contributed by atoms with van der Waals surface area (Å²) in [4.78, 5) is 17.5. The number of para-hydroxylation sites is 2. The van der Waals surface area contributed by atoms with Crippen LogP contribution in [0.25, 0.3) is 11.0 Å². The van der Waals surface area contributed by atoms with Gasteiger partial charge in [0.25, 0.3) is 5.91 Å². The molecule has 0 fully saturated rings. The second-order valence-electron chi connectivity index (χ2n) is 7.23. The summed E-state index contributed by atoms with van der Waals surface area (Å²) in [6, 6.07) is 23.2. The second-order valence-corrected chi connectivity index (χ2v) is 7.67. The van der Waals surface area contributed by atoms with Crippen LogP contribution in [-0.2, 0) is 6.54 Å². The zero-order valence-corrected chi connectivity index (χ0v) is 17.1. The van der Waals surface area contributed by atoms with Crippen molar-refractivity contribution >= 4 is 28.5 Å². The molecule has 146 valence electrons. The first-order chi connectivity index (χ1) is 14.0. The zero-order chi connectivity index (χ0) is 20.4. The number of carbonyl (C=O) groups excluding carboxylic acids is 1. The quantitative estimate of drug-likeness (QED) is 0.475. The van der Waals surface area contributed by atoms with Crippen LogP contribution in [0.3, 0.4) is 0 Å². The molecule has 0 radical (unpaired) electrons. The average molecular weight is 404 g/mol. The maximum atomic E-state index is 12.7. The topological polar surface area (TPSA) is 46.9 Å². The minimum atomic E-state index is -0.254. The number of benzene rings is 3. The van der Waals surface area contributed by atoms with Gasteiger partial charge in [-0.3, -0.25) is 4.79 Å². The van der Waals surface area contributed by atoms with E-state index in [2.05, 4.69) is 47.1 Å². The first kappa shape index (κ1) is 19.2. The normalized spacial score (nSPS) is 12.1. The van der Waals surface area contributed by atoms with Crippen molar-refractivity contribution in [2.75, 3.05) is 0 Å². The van der Waals surface area contributed by atoms with Gasteiger partial charge in [0.05, 0.1) is 17.1 Å². The fourth-order valence-electron chi connectivity index (χ4n) is 3.41. The van der Waals surface area contributed by atoms with Gasteiger partial charge < -0.3 is 9.88 Å². The Hall–Kier alpha value is -3.11. The van der Waals surface area contributed by atoms with Gasteiger partial charge in [0.1, 0.15) is 5.82 Å². The van der Waals surface area contributed by atoms with Crippen LogP contribution in [0.5, 0.6) is 0 Å². The highest BCUT2D eigenvalue weighted by molar-refractivity contribution is 6.30. The number of aryl methyl sites for hydroxylation is 1. The summed E-state index contributed by atoms with van der Waals surface area (Å²) in [6.07, 6.45) is 0. The van der Waals surface area contributed by atoms with Crippen LogP contribution < -0.4 is 5.32 Å². The number of hydrogen-bond acceptors (Lipinski definition) is 2. The van der Waals surface area contributed by atoms with Crippen LogP contribution in [0, 0.1) is 6.92 Å². The van der Waals surface area contributed by atoms with E-state index in [0.29, 0.717) is 17.1 Å². The van der Waals surface area contributed by atoms with Crippen molar-refractivity contribution in [3.8, 4) is 0 Å². The van der Waals surface area contributed by atoms with E-state index in [4.69, 9.17) is 16.6 Å². The van der Waals surface area contributed by atoms with Crippen molar-refractivity contribution in [1.82, 2.24) is 14.9 Å². The summed E-state index contributed by atoms with van der Waals surface area (Å²) in [5, 5.41) is 3.67. The number of fused-ring (bicyclic) bond motifs is 1. The van der Waals surface area contributed by atoms with Crippen LogP contribution in [-0.4, -0.2) is 15.5 Å². The van der Waals surface area contributed by atoms with Crippen molar-refractivity contribution in [1.29, 1.82) is 0 Å². The lowest BCUT2D eigenvalue weighted by molar-refractivity contribution is 0.0938. The van der Waals surface area contributed by atoms with Gasteiger partial charge in [0, 0.05) is 17.1 Å². The number of halogens is 1. The van der Waals surface area contributed by atoms with Crippen LogP contribution in [0.4, 0.5) is 0 Å². The second kappa shape index (κ2) is 8.10. The third-order valence-corrected chi connectivity index (χ3v) is 5.24. The van der Waals surface area contributed by atoms with Crippen molar-refractivity contribution in [2.45, 2.75) is 26.4 Å². The van der Waals surface area contributed by atoms with E-state index in [-0.39, 0.29) is 11.9 Å². The minimum absolute atomic E-state index is 0.150. The van der Waals surface area contributed by atoms with Gasteiger partial charge in [-0.15, -0.1) is 0 Å². The molecule has 1 amide bonds. The third kappa shape index (κ3) is 4.17. The van der Waals surface area contributed by atoms with Crippen molar-refractivity contribution in [2.24, 2.45) is 0 Å². The molecule has 0 aliphatic rings. The summed E-state index contributed by atoms with van der Waals surface area (Å²) in [5.74, 6) is 0.678. The summed E-state index contributed by atoms with van der Waals surface area (Å²) >= 11 is 5.93. The number of amides is 1. The largest absolute Gasteiger partial charge is 0.342 e. The minimum Gasteiger partial charge on any atom is -0.342 e. The smallest absolute Gasteiger partial charge is 0.251 e. The first-order valence-electron chi connectivity index (χ1n) is 9.58. The fraction of sp³-hybridized carbons (Fsp3) is 0.167. The van der Waals surface area contributed by atoms with Gasteiger partial charge in [-0.1, -0.05) is 53.6 Å². The standard InChI is InChI=1S/C24H22ClN3O/c1-16-7-9-18(10-8-16)15-28-22-6-4-3-5-21(22)27-23(28)17(2)26-24(29)19-11-13-20(25)14-12-19/h3-14,17H,15H2,1-2H3,(H,26,29). The summed E-state index contributed by atoms with van der Waals surface area (Å²) < 4.78 is 2.17. The molecule has 0 bridgehead atoms. The maximum absolute atomic E-state index is 12.7. The zero-order valence-electron chi connectivity index (χ0n) is 16.4. The lowest BCUT2D eigenvalue weighted by atomic mass is 10.1. The summed E-state index contributed by atoms with van der Waals surface area (Å²) in [5.41, 5.74) is 4.96. The molecule has 4 rings (SSSR count). The molecule has 29 heavy (non-hydrogen) atoms. The Morgan fingerprint density at radius 1 is 1.03 bits per heavy atom. The lowest BCUT2D eigenvalue weighted by Crippen LogP contribution is -2.28. The van der Waals surface area contributed by atoms with E-state index in [1.165, 1.54) is 11.1 Å². The van der Waals surface area contributed by atoms with Gasteiger partial charge in [0.15, 0.2) is 0 Å². The van der Waals surface area contributed by atoms with Gasteiger partial charge >= 0.3 is 0 Å². The molecule has 5 heteroatoms. The number of aromatic nitrogens is 2. The van der Waals surface area contributed by atoms with E-state index >= 15 is 0 Å². The molecule has 4 aromatic rings. The molecule has 1 heterocycles. The van der Waals surface area contributed by atoms with E-state index in [0.717, 1.165) is 16.9 Å². The van der Waals surface area contributed by atoms with Crippen molar-refractivity contribution < 1.29 is 4.79 Å². The van der Waals surface area contributed by atoms with Crippen molar-refractivity contribution in [3.63, 3.8) is 0 Å². The molecule has 1 N–H and O–H groups in total. The molecule has 1 atom stereocenters. The highest BCUT2D eigenvalue weighted by atomic mass is 35.5. The first-order valence-corrected chi connectivity index (χ1v) is 9.96. The molecule has 0 saturated carbocycles. The number of nitrogens with one attached hydrogen (secondary N) is 1. The number of imidazole rings is 1. The van der Waals surface area contributed by atoms with Gasteiger partial charge in [0.2, 0.25) is 0 Å². The summed E-state index contributed by atoms with van der Waals surface area (Å²) in [6.45, 7) is 4.73. The van der Waals surface area contributed by atoms with Crippen LogP contribution in [0.15, 0.2) is 72.8 Å². The fourth-order valence-corrected chi connectivity index (χ4v) is 3.54. The van der Waals surface area contributed by atoms with E-state index in [1.54, 1.807) is 24.3 Å². The molecule has 0 aliphatic carbocycles. The highest BCUT2D eigenvalue weighted by Gasteiger charge is 2.19. The van der Waals surface area contributed by atoms with Crippen LogP contribution in [0.1, 0.15) is 40.3 Å². The Morgan fingerprint density at radius 3 is 2.45 bits per heavy atom. The molecule has 1 aromatic heterocycles. The van der Waals surface area contributed by atoms with Gasteiger partial charge in [-0.2, -0.15) is 0 Å². The Morgan fingerprint density at radius 2 is 1.72 bits per heavy atom. The Kier molecular flexibility index (Phi) is 5.36. The van der Waals surface area contributed by atoms with Crippen molar-refractivity contribution in [3.05, 3.63) is 100 Å². The van der Waals surface area contributed by atoms with Crippen LogP contribution in [0.2, 0.25) is 5.02 Å². The van der Waals surface area contributed by atoms with Gasteiger partial charge in [-0.25, -0.2) is 4.98 Å². The molecule has 1 unspecified atom stereocenters. The number of hydrogen-bond donors (Lipinski definition) is 1. The average Bonchev–Trinajstić information content (AvgIpc) is 3.09. The van der Waals surface area contributed by atoms with E-state index < -0.39 is 0 Å². The molecule has 0 saturated heterocycles. The summed E-state index contributed by atoms with van der Waals surface area (Å²) in [7, 11) is 0. The van der Waals surface area contributed by atoms with Gasteiger partial charge in [-0.05, 0) is 55.8 Å². The predicted molar refractivity (Wildman–Crippen MR) is 117 cm³/mol. The maximum Gasteiger partial charge on any atom is 0.251 e. The molecule has 4 nitrogen and oxygen atoms in total. The molecule has 3 aromatic carbocycles. The lowest BCUT2D eigenvalue weighted by Gasteiger charge is -2.17. The Labute approximate surface area is 175 Å². The monoisotopic (exact) mass is 403 g/mol.